The Morgan fingerprint density at radius 3 is 2.50 bits per heavy atom. The van der Waals surface area contributed by atoms with Crippen molar-refractivity contribution in [3.8, 4) is 5.75 Å². The number of hydrogen-bond acceptors (Lipinski definition) is 4. The number of carbonyl (C=O) groups excluding carboxylic acids is 1. The van der Waals surface area contributed by atoms with Gasteiger partial charge in [-0.05, 0) is 25.1 Å². The lowest BCUT2D eigenvalue weighted by molar-refractivity contribution is -0.141. The average Bonchev–Trinajstić information content (AvgIpc) is 2.35. The Morgan fingerprint density at radius 2 is 2.05 bits per heavy atom. The van der Waals surface area contributed by atoms with Gasteiger partial charge in [-0.15, -0.1) is 0 Å². The number of carbonyl (C=O) groups is 2. The van der Waals surface area contributed by atoms with Crippen LogP contribution in [0.4, 0.5) is 10.5 Å². The molecule has 0 aromatic heterocycles. The predicted molar refractivity (Wildman–Crippen MR) is 73.3 cm³/mol. The molecule has 0 aliphatic heterocycles. The van der Waals surface area contributed by atoms with Gasteiger partial charge < -0.3 is 25.6 Å². The van der Waals surface area contributed by atoms with Gasteiger partial charge in [-0.1, -0.05) is 11.6 Å². The molecule has 0 heterocycles. The number of hydrogen-bond donors (Lipinski definition) is 4. The van der Waals surface area contributed by atoms with Gasteiger partial charge in [0.05, 0.1) is 18.2 Å². The number of carboxylic acids is 1. The molecule has 1 rings (SSSR count). The zero-order valence-electron chi connectivity index (χ0n) is 10.9. The molecule has 0 saturated heterocycles. The number of nitrogens with one attached hydrogen (secondary N) is 2. The van der Waals surface area contributed by atoms with Crippen molar-refractivity contribution >= 4 is 29.3 Å². The van der Waals surface area contributed by atoms with Gasteiger partial charge in [0.25, 0.3) is 0 Å². The molecule has 2 atom stereocenters. The van der Waals surface area contributed by atoms with E-state index in [1.54, 1.807) is 12.1 Å². The number of benzene rings is 1. The molecule has 4 N–H and O–H groups in total. The van der Waals surface area contributed by atoms with Gasteiger partial charge in [0, 0.05) is 5.69 Å². The molecule has 8 heteroatoms. The number of carboxylic acid groups (broad SMARTS) is 1. The summed E-state index contributed by atoms with van der Waals surface area (Å²) in [6.45, 7) is 1.27. The van der Waals surface area contributed by atoms with E-state index in [1.165, 1.54) is 20.1 Å². The lowest BCUT2D eigenvalue weighted by Crippen LogP contribution is -2.49. The Bertz CT molecular complexity index is 507. The van der Waals surface area contributed by atoms with Crippen LogP contribution >= 0.6 is 11.6 Å². The molecule has 2 amide bonds. The Kier molecular flexibility index (Phi) is 5.60. The first-order chi connectivity index (χ1) is 9.35. The number of amides is 2. The molecular formula is C12H15ClN2O5. The van der Waals surface area contributed by atoms with Crippen LogP contribution in [0.25, 0.3) is 0 Å². The van der Waals surface area contributed by atoms with E-state index in [9.17, 15) is 14.7 Å². The fourth-order valence-corrected chi connectivity index (χ4v) is 1.70. The topological polar surface area (TPSA) is 108 Å². The SMILES string of the molecule is COc1ccc(NC(=O)NC(C(=O)O)C(C)O)cc1Cl. The number of aliphatic hydroxyl groups is 1. The van der Waals surface area contributed by atoms with Crippen molar-refractivity contribution in [2.75, 3.05) is 12.4 Å². The third-order valence-corrected chi connectivity index (χ3v) is 2.74. The molecule has 7 nitrogen and oxygen atoms in total. The summed E-state index contributed by atoms with van der Waals surface area (Å²) < 4.78 is 4.96. The van der Waals surface area contributed by atoms with Crippen LogP contribution in [0, 0.1) is 0 Å². The summed E-state index contributed by atoms with van der Waals surface area (Å²) in [5.41, 5.74) is 0.364. The summed E-state index contributed by atoms with van der Waals surface area (Å²) in [5.74, 6) is -0.882. The summed E-state index contributed by atoms with van der Waals surface area (Å²) >= 11 is 5.89. The molecule has 1 aromatic rings. The van der Waals surface area contributed by atoms with Crippen LogP contribution in [-0.4, -0.2) is 41.5 Å². The summed E-state index contributed by atoms with van der Waals surface area (Å²) in [4.78, 5) is 22.5. The van der Waals surface area contributed by atoms with E-state index in [-0.39, 0.29) is 0 Å². The summed E-state index contributed by atoms with van der Waals surface area (Å²) in [6.07, 6.45) is -1.22. The standard InChI is InChI=1S/C12H15ClN2O5/c1-6(16)10(11(17)18)15-12(19)14-7-3-4-9(20-2)8(13)5-7/h3-6,10,16H,1-2H3,(H,17,18)(H2,14,15,19). The summed E-state index contributed by atoms with van der Waals surface area (Å²) in [5, 5.41) is 22.9. The largest absolute Gasteiger partial charge is 0.495 e. The molecular weight excluding hydrogens is 288 g/mol. The zero-order chi connectivity index (χ0) is 15.3. The number of methoxy groups -OCH3 is 1. The number of urea groups is 1. The van der Waals surface area contributed by atoms with E-state index in [4.69, 9.17) is 21.4 Å². The van der Waals surface area contributed by atoms with Crippen LogP contribution in [0.2, 0.25) is 5.02 Å². The highest BCUT2D eigenvalue weighted by Crippen LogP contribution is 2.27. The van der Waals surface area contributed by atoms with E-state index in [2.05, 4.69) is 10.6 Å². The van der Waals surface area contributed by atoms with Gasteiger partial charge in [0.2, 0.25) is 0 Å². The maximum Gasteiger partial charge on any atom is 0.328 e. The minimum atomic E-state index is -1.40. The van der Waals surface area contributed by atoms with Crippen LogP contribution in [0.5, 0.6) is 5.75 Å². The van der Waals surface area contributed by atoms with Gasteiger partial charge in [-0.3, -0.25) is 0 Å². The maximum absolute atomic E-state index is 11.6. The van der Waals surface area contributed by atoms with E-state index < -0.39 is 24.1 Å². The molecule has 0 radical (unpaired) electrons. The van der Waals surface area contributed by atoms with Crippen LogP contribution < -0.4 is 15.4 Å². The predicted octanol–water partition coefficient (Wildman–Crippen LogP) is 1.30. The highest BCUT2D eigenvalue weighted by molar-refractivity contribution is 6.32. The Hall–Kier alpha value is -1.99. The number of aliphatic hydroxyl groups excluding tert-OH is 1. The van der Waals surface area contributed by atoms with Crippen molar-refractivity contribution in [2.24, 2.45) is 0 Å². The minimum absolute atomic E-state index is 0.301. The van der Waals surface area contributed by atoms with Crippen molar-refractivity contribution in [1.82, 2.24) is 5.32 Å². The van der Waals surface area contributed by atoms with E-state index >= 15 is 0 Å². The van der Waals surface area contributed by atoms with Gasteiger partial charge >= 0.3 is 12.0 Å². The molecule has 0 spiro atoms. The summed E-state index contributed by atoms with van der Waals surface area (Å²) in [7, 11) is 1.46. The lowest BCUT2D eigenvalue weighted by Gasteiger charge is -2.17. The van der Waals surface area contributed by atoms with E-state index in [0.29, 0.717) is 16.5 Å². The Balaban J connectivity index is 2.71. The summed E-state index contributed by atoms with van der Waals surface area (Å²) in [6, 6.07) is 2.39. The highest BCUT2D eigenvalue weighted by Gasteiger charge is 2.24. The van der Waals surface area contributed by atoms with Crippen LogP contribution in [0.1, 0.15) is 6.92 Å². The zero-order valence-corrected chi connectivity index (χ0v) is 11.6. The molecule has 2 unspecified atom stereocenters. The van der Waals surface area contributed by atoms with Crippen LogP contribution in [0.3, 0.4) is 0 Å². The second-order valence-corrected chi connectivity index (χ2v) is 4.41. The van der Waals surface area contributed by atoms with Crippen LogP contribution in [0.15, 0.2) is 18.2 Å². The highest BCUT2D eigenvalue weighted by atomic mass is 35.5. The molecule has 110 valence electrons. The second-order valence-electron chi connectivity index (χ2n) is 4.00. The van der Waals surface area contributed by atoms with E-state index in [1.807, 2.05) is 0 Å². The number of ether oxygens (including phenoxy) is 1. The normalized spacial score (nSPS) is 13.2. The molecule has 20 heavy (non-hydrogen) atoms. The Labute approximate surface area is 120 Å². The number of rotatable bonds is 5. The van der Waals surface area contributed by atoms with Crippen molar-refractivity contribution in [1.29, 1.82) is 0 Å². The van der Waals surface area contributed by atoms with Gasteiger partial charge in [-0.25, -0.2) is 9.59 Å². The monoisotopic (exact) mass is 302 g/mol. The van der Waals surface area contributed by atoms with Crippen molar-refractivity contribution in [3.05, 3.63) is 23.2 Å². The van der Waals surface area contributed by atoms with E-state index in [0.717, 1.165) is 0 Å². The molecule has 0 fully saturated rings. The number of aliphatic carboxylic acids is 1. The maximum atomic E-state index is 11.6. The molecule has 1 aromatic carbocycles. The first kappa shape index (κ1) is 16.1. The van der Waals surface area contributed by atoms with Gasteiger partial charge in [0.1, 0.15) is 5.75 Å². The molecule has 0 saturated carbocycles. The minimum Gasteiger partial charge on any atom is -0.495 e. The smallest absolute Gasteiger partial charge is 0.328 e. The first-order valence-corrected chi connectivity index (χ1v) is 6.05. The van der Waals surface area contributed by atoms with Crippen molar-refractivity contribution in [2.45, 2.75) is 19.1 Å². The number of anilines is 1. The quantitative estimate of drug-likeness (QED) is 0.656. The van der Waals surface area contributed by atoms with Crippen LogP contribution in [-0.2, 0) is 4.79 Å². The fourth-order valence-electron chi connectivity index (χ4n) is 1.44. The Morgan fingerprint density at radius 1 is 1.40 bits per heavy atom. The molecule has 0 bridgehead atoms. The first-order valence-electron chi connectivity index (χ1n) is 5.67. The lowest BCUT2D eigenvalue weighted by atomic mass is 10.2. The van der Waals surface area contributed by atoms with Crippen molar-refractivity contribution in [3.63, 3.8) is 0 Å². The third kappa shape index (κ3) is 4.29. The fraction of sp³-hybridized carbons (Fsp3) is 0.333. The average molecular weight is 303 g/mol. The van der Waals surface area contributed by atoms with Crippen molar-refractivity contribution < 1.29 is 24.5 Å². The second kappa shape index (κ2) is 6.97. The molecule has 0 aliphatic rings. The van der Waals surface area contributed by atoms with Gasteiger partial charge in [0.15, 0.2) is 6.04 Å². The third-order valence-electron chi connectivity index (χ3n) is 2.44. The molecule has 0 aliphatic carbocycles. The van der Waals surface area contributed by atoms with Gasteiger partial charge in [-0.2, -0.15) is 0 Å². The number of halogens is 1.